The van der Waals surface area contributed by atoms with E-state index in [1.54, 1.807) is 12.3 Å². The average Bonchev–Trinajstić information content (AvgIpc) is 3.25. The van der Waals surface area contributed by atoms with Crippen molar-refractivity contribution in [1.82, 2.24) is 14.9 Å². The van der Waals surface area contributed by atoms with E-state index in [2.05, 4.69) is 25.2 Å². The lowest BCUT2D eigenvalue weighted by molar-refractivity contribution is 0.341. The molecule has 2 aromatic carbocycles. The molecule has 4 rings (SSSR count). The first kappa shape index (κ1) is 19.0. The third-order valence-corrected chi connectivity index (χ3v) is 4.83. The van der Waals surface area contributed by atoms with Crippen LogP contribution in [0.1, 0.15) is 6.42 Å². The molecule has 0 spiro atoms. The lowest BCUT2D eigenvalue weighted by Crippen LogP contribution is -2.23. The fraction of sp³-hybridized carbons (Fsp3) is 0.227. The Morgan fingerprint density at radius 2 is 1.86 bits per heavy atom. The zero-order valence-electron chi connectivity index (χ0n) is 16.1. The Morgan fingerprint density at radius 3 is 2.66 bits per heavy atom. The first-order valence-corrected chi connectivity index (χ1v) is 9.62. The normalized spacial score (nSPS) is 13.7. The minimum atomic E-state index is -0.255. The Bertz CT molecular complexity index is 1010. The molecule has 1 aromatic heterocycles. The number of aromatic nitrogens is 2. The van der Waals surface area contributed by atoms with Crippen LogP contribution in [0.15, 0.2) is 59.7 Å². The minimum Gasteiger partial charge on any atom is -0.369 e. The van der Waals surface area contributed by atoms with Crippen LogP contribution in [0.25, 0.3) is 22.3 Å². The van der Waals surface area contributed by atoms with Crippen LogP contribution in [0, 0.1) is 5.82 Å². The van der Waals surface area contributed by atoms with E-state index in [1.807, 2.05) is 36.5 Å². The van der Waals surface area contributed by atoms with Gasteiger partial charge >= 0.3 is 0 Å². The van der Waals surface area contributed by atoms with Crippen molar-refractivity contribution in [3.63, 3.8) is 0 Å². The first-order chi connectivity index (χ1) is 14.2. The molecule has 0 aliphatic carbocycles. The molecule has 3 aromatic rings. The van der Waals surface area contributed by atoms with Gasteiger partial charge in [0, 0.05) is 37.6 Å². The van der Waals surface area contributed by atoms with Gasteiger partial charge in [0.15, 0.2) is 0 Å². The van der Waals surface area contributed by atoms with Crippen LogP contribution in [0.3, 0.4) is 0 Å². The van der Waals surface area contributed by atoms with E-state index >= 15 is 0 Å². The van der Waals surface area contributed by atoms with Gasteiger partial charge in [0.1, 0.15) is 11.6 Å². The number of anilines is 2. The Kier molecular flexibility index (Phi) is 5.76. The second kappa shape index (κ2) is 8.79. The van der Waals surface area contributed by atoms with Gasteiger partial charge in [-0.05, 0) is 41.3 Å². The maximum atomic E-state index is 13.6. The van der Waals surface area contributed by atoms with E-state index < -0.39 is 0 Å². The summed E-state index contributed by atoms with van der Waals surface area (Å²) in [5.41, 5.74) is 9.38. The summed E-state index contributed by atoms with van der Waals surface area (Å²) in [6.45, 7) is 3.43. The molecule has 0 saturated carbocycles. The van der Waals surface area contributed by atoms with Gasteiger partial charge in [0.2, 0.25) is 5.95 Å². The van der Waals surface area contributed by atoms with Crippen LogP contribution in [0.4, 0.5) is 16.2 Å². The summed E-state index contributed by atoms with van der Waals surface area (Å²) in [6, 6.07) is 14.5. The molecule has 1 aliphatic heterocycles. The zero-order chi connectivity index (χ0) is 20.1. The Balaban J connectivity index is 1.52. The number of rotatable bonds is 7. The highest BCUT2D eigenvalue weighted by Gasteiger charge is 2.11. The largest absolute Gasteiger partial charge is 0.369 e. The molecule has 1 aliphatic rings. The summed E-state index contributed by atoms with van der Waals surface area (Å²) in [4.78, 5) is 15.1. The van der Waals surface area contributed by atoms with Crippen LogP contribution >= 0.6 is 0 Å². The summed E-state index contributed by atoms with van der Waals surface area (Å²) in [5.74, 6) is 0.673. The molecule has 7 heteroatoms. The first-order valence-electron chi connectivity index (χ1n) is 9.62. The van der Waals surface area contributed by atoms with Crippen LogP contribution < -0.4 is 11.1 Å². The predicted molar refractivity (Wildman–Crippen MR) is 115 cm³/mol. The number of hydrogen-bond acceptors (Lipinski definition) is 6. The molecule has 0 bridgehead atoms. The van der Waals surface area contributed by atoms with Crippen LogP contribution in [-0.2, 0) is 0 Å². The lowest BCUT2D eigenvalue weighted by Gasteiger charge is -2.15. The second-order valence-electron chi connectivity index (χ2n) is 6.95. The molecule has 0 saturated heterocycles. The van der Waals surface area contributed by atoms with Crippen molar-refractivity contribution in [3.8, 4) is 22.3 Å². The number of benzene rings is 2. The number of nitrogens with zero attached hydrogens (tertiary/aromatic N) is 4. The van der Waals surface area contributed by atoms with Crippen LogP contribution in [0.2, 0.25) is 0 Å². The summed E-state index contributed by atoms with van der Waals surface area (Å²) in [5, 5.41) is 3.39. The smallest absolute Gasteiger partial charge is 0.221 e. The van der Waals surface area contributed by atoms with E-state index in [4.69, 9.17) is 5.73 Å². The molecule has 3 N–H and O–H groups in total. The van der Waals surface area contributed by atoms with E-state index in [0.29, 0.717) is 5.82 Å². The molecule has 6 nitrogen and oxygen atoms in total. The summed E-state index contributed by atoms with van der Waals surface area (Å²) < 4.78 is 13.6. The molecule has 29 heavy (non-hydrogen) atoms. The average molecular weight is 390 g/mol. The fourth-order valence-corrected chi connectivity index (χ4v) is 3.35. The van der Waals surface area contributed by atoms with E-state index in [9.17, 15) is 4.39 Å². The quantitative estimate of drug-likeness (QED) is 0.602. The number of nitrogens with two attached hydrogens (primary N) is 1. The van der Waals surface area contributed by atoms with Crippen molar-refractivity contribution in [1.29, 1.82) is 0 Å². The zero-order valence-corrected chi connectivity index (χ0v) is 16.1. The van der Waals surface area contributed by atoms with Gasteiger partial charge in [0.05, 0.1) is 6.67 Å². The highest BCUT2D eigenvalue weighted by molar-refractivity contribution is 5.79. The number of aliphatic imine (C=N–C) groups is 1. The highest BCUT2D eigenvalue weighted by Crippen LogP contribution is 2.30. The van der Waals surface area contributed by atoms with Gasteiger partial charge in [0.25, 0.3) is 0 Å². The molecule has 0 amide bonds. The number of halogens is 1. The lowest BCUT2D eigenvalue weighted by atomic mass is 10.00. The molecule has 0 atom stereocenters. The number of hydrogen-bond donors (Lipinski definition) is 2. The van der Waals surface area contributed by atoms with E-state index in [0.717, 1.165) is 55.0 Å². The Labute approximate surface area is 169 Å². The third kappa shape index (κ3) is 4.75. The van der Waals surface area contributed by atoms with Crippen molar-refractivity contribution in [2.24, 2.45) is 4.99 Å². The topological polar surface area (TPSA) is 79.4 Å². The van der Waals surface area contributed by atoms with Gasteiger partial charge in [-0.25, -0.2) is 9.37 Å². The van der Waals surface area contributed by atoms with Gasteiger partial charge in [-0.2, -0.15) is 4.98 Å². The monoisotopic (exact) mass is 390 g/mol. The van der Waals surface area contributed by atoms with Crippen molar-refractivity contribution >= 4 is 18.0 Å². The Hall–Kier alpha value is -3.32. The number of nitrogen functional groups attached to an aromatic ring is 1. The van der Waals surface area contributed by atoms with Crippen LogP contribution in [0.5, 0.6) is 0 Å². The fourth-order valence-electron chi connectivity index (χ4n) is 3.35. The maximum absolute atomic E-state index is 13.6. The molecule has 0 radical (unpaired) electrons. The predicted octanol–water partition coefficient (Wildman–Crippen LogP) is 3.68. The van der Waals surface area contributed by atoms with Gasteiger partial charge < -0.3 is 11.1 Å². The van der Waals surface area contributed by atoms with Gasteiger partial charge in [-0.15, -0.1) is 0 Å². The Morgan fingerprint density at radius 1 is 1.07 bits per heavy atom. The molecule has 2 heterocycles. The molecular weight excluding hydrogens is 367 g/mol. The van der Waals surface area contributed by atoms with Gasteiger partial charge in [-0.3, -0.25) is 9.89 Å². The standard InChI is InChI=1S/C22H23FN6/c23-19-7-2-5-17(13-19)16-4-1-6-18(12-16)20-14-27-22(24)28-21(20)26-8-3-10-29-11-9-25-15-29/h1-2,4-7,9,12-14H,3,8,10-11,15H2,(H3,24,26,27,28). The third-order valence-electron chi connectivity index (χ3n) is 4.83. The van der Waals surface area contributed by atoms with Crippen molar-refractivity contribution < 1.29 is 4.39 Å². The summed E-state index contributed by atoms with van der Waals surface area (Å²) in [6.07, 6.45) is 4.64. The number of nitrogens with one attached hydrogen (secondary N) is 1. The molecule has 0 fully saturated rings. The summed E-state index contributed by atoms with van der Waals surface area (Å²) >= 11 is 0. The van der Waals surface area contributed by atoms with Crippen molar-refractivity contribution in [2.45, 2.75) is 6.42 Å². The van der Waals surface area contributed by atoms with Crippen molar-refractivity contribution in [3.05, 3.63) is 60.5 Å². The van der Waals surface area contributed by atoms with E-state index in [-0.39, 0.29) is 11.8 Å². The van der Waals surface area contributed by atoms with E-state index in [1.165, 1.54) is 12.1 Å². The van der Waals surface area contributed by atoms with Crippen molar-refractivity contribution in [2.75, 3.05) is 37.4 Å². The molecular formula is C22H23FN6. The highest BCUT2D eigenvalue weighted by atomic mass is 19.1. The minimum absolute atomic E-state index is 0.227. The SMILES string of the molecule is Nc1ncc(-c2cccc(-c3cccc(F)c3)c2)c(NCCCN2CC=NC2)n1. The maximum Gasteiger partial charge on any atom is 0.221 e. The van der Waals surface area contributed by atoms with Crippen LogP contribution in [-0.4, -0.2) is 47.4 Å². The summed E-state index contributed by atoms with van der Waals surface area (Å²) in [7, 11) is 0. The molecule has 0 unspecified atom stereocenters. The molecule has 148 valence electrons. The second-order valence-corrected chi connectivity index (χ2v) is 6.95. The van der Waals surface area contributed by atoms with Gasteiger partial charge in [-0.1, -0.05) is 30.3 Å².